The summed E-state index contributed by atoms with van der Waals surface area (Å²) in [5, 5.41) is 3.14. The van der Waals surface area contributed by atoms with E-state index in [0.29, 0.717) is 17.3 Å². The van der Waals surface area contributed by atoms with Crippen LogP contribution in [0.5, 0.6) is 0 Å². The van der Waals surface area contributed by atoms with Crippen LogP contribution in [0.25, 0.3) is 0 Å². The molecule has 0 saturated heterocycles. The Kier molecular flexibility index (Phi) is 6.86. The minimum absolute atomic E-state index is 0. The van der Waals surface area contributed by atoms with Gasteiger partial charge in [0.15, 0.2) is 0 Å². The first kappa shape index (κ1) is 16.8. The number of hydrogen-bond donors (Lipinski definition) is 2. The molecule has 1 aliphatic rings. The fourth-order valence-electron chi connectivity index (χ4n) is 2.91. The standard InChI is InChI=1S/C16H24N2O.ClH/c1-2-3-12-4-10-15(11-5-12)18-16(19)13-6-8-14(17)9-7-13;/h6-9,12,15H,2-5,10-11,17H2,1H3,(H,18,19);1H. The van der Waals surface area contributed by atoms with Gasteiger partial charge in [0.25, 0.3) is 5.91 Å². The van der Waals surface area contributed by atoms with Crippen LogP contribution in [-0.2, 0) is 0 Å². The molecule has 3 nitrogen and oxygen atoms in total. The van der Waals surface area contributed by atoms with Crippen molar-refractivity contribution in [1.29, 1.82) is 0 Å². The van der Waals surface area contributed by atoms with Gasteiger partial charge in [0.05, 0.1) is 0 Å². The van der Waals surface area contributed by atoms with Gasteiger partial charge >= 0.3 is 0 Å². The molecule has 3 N–H and O–H groups in total. The Labute approximate surface area is 127 Å². The van der Waals surface area contributed by atoms with Crippen molar-refractivity contribution in [2.75, 3.05) is 5.73 Å². The van der Waals surface area contributed by atoms with Gasteiger partial charge in [-0.05, 0) is 55.9 Å². The van der Waals surface area contributed by atoms with E-state index in [9.17, 15) is 4.79 Å². The smallest absolute Gasteiger partial charge is 0.251 e. The van der Waals surface area contributed by atoms with Gasteiger partial charge in [-0.15, -0.1) is 12.4 Å². The van der Waals surface area contributed by atoms with Crippen LogP contribution in [-0.4, -0.2) is 11.9 Å². The maximum Gasteiger partial charge on any atom is 0.251 e. The van der Waals surface area contributed by atoms with Crippen LogP contribution in [0.3, 0.4) is 0 Å². The van der Waals surface area contributed by atoms with Gasteiger partial charge in [-0.25, -0.2) is 0 Å². The van der Waals surface area contributed by atoms with Gasteiger partial charge < -0.3 is 11.1 Å². The second kappa shape index (κ2) is 8.15. The van der Waals surface area contributed by atoms with Crippen LogP contribution in [0.1, 0.15) is 55.8 Å². The Bertz CT molecular complexity index is 411. The molecule has 2 rings (SSSR count). The second-order valence-electron chi connectivity index (χ2n) is 5.60. The Morgan fingerprint density at radius 1 is 1.20 bits per heavy atom. The van der Waals surface area contributed by atoms with Crippen LogP contribution in [0.4, 0.5) is 5.69 Å². The van der Waals surface area contributed by atoms with Crippen LogP contribution in [0.15, 0.2) is 24.3 Å². The van der Waals surface area contributed by atoms with E-state index < -0.39 is 0 Å². The molecule has 112 valence electrons. The predicted molar refractivity (Wildman–Crippen MR) is 86.2 cm³/mol. The highest BCUT2D eigenvalue weighted by molar-refractivity contribution is 5.94. The SMILES string of the molecule is CCCC1CCC(NC(=O)c2ccc(N)cc2)CC1.Cl. The molecule has 1 fully saturated rings. The van der Waals surface area contributed by atoms with Crippen molar-refractivity contribution in [3.63, 3.8) is 0 Å². The third kappa shape index (κ3) is 4.71. The summed E-state index contributed by atoms with van der Waals surface area (Å²) in [6.45, 7) is 2.25. The molecule has 0 aromatic heterocycles. The Morgan fingerprint density at radius 2 is 1.80 bits per heavy atom. The normalized spacial score (nSPS) is 21.9. The van der Waals surface area contributed by atoms with Gasteiger partial charge in [0, 0.05) is 17.3 Å². The summed E-state index contributed by atoms with van der Waals surface area (Å²) in [5.74, 6) is 0.897. The summed E-state index contributed by atoms with van der Waals surface area (Å²) in [4.78, 5) is 12.1. The molecule has 0 atom stereocenters. The lowest BCUT2D eigenvalue weighted by Gasteiger charge is -2.29. The fourth-order valence-corrected chi connectivity index (χ4v) is 2.91. The topological polar surface area (TPSA) is 55.1 Å². The van der Waals surface area contributed by atoms with E-state index in [0.717, 1.165) is 18.8 Å². The van der Waals surface area contributed by atoms with E-state index in [-0.39, 0.29) is 18.3 Å². The van der Waals surface area contributed by atoms with E-state index in [1.807, 2.05) is 0 Å². The van der Waals surface area contributed by atoms with Crippen molar-refractivity contribution in [2.45, 2.75) is 51.5 Å². The van der Waals surface area contributed by atoms with Crippen molar-refractivity contribution in [3.05, 3.63) is 29.8 Å². The number of nitrogens with two attached hydrogens (primary N) is 1. The number of amides is 1. The number of anilines is 1. The average Bonchev–Trinajstić information content (AvgIpc) is 2.42. The zero-order valence-electron chi connectivity index (χ0n) is 12.1. The number of rotatable bonds is 4. The first-order chi connectivity index (χ1) is 9.19. The zero-order valence-corrected chi connectivity index (χ0v) is 12.9. The zero-order chi connectivity index (χ0) is 13.7. The summed E-state index contributed by atoms with van der Waals surface area (Å²) in [5.41, 5.74) is 7.01. The highest BCUT2D eigenvalue weighted by Gasteiger charge is 2.22. The van der Waals surface area contributed by atoms with Crippen LogP contribution in [0.2, 0.25) is 0 Å². The predicted octanol–water partition coefficient (Wildman–Crippen LogP) is 3.78. The molecule has 1 saturated carbocycles. The van der Waals surface area contributed by atoms with Crippen LogP contribution < -0.4 is 11.1 Å². The van der Waals surface area contributed by atoms with E-state index in [1.165, 1.54) is 25.7 Å². The van der Waals surface area contributed by atoms with E-state index in [1.54, 1.807) is 24.3 Å². The van der Waals surface area contributed by atoms with Crippen LogP contribution >= 0.6 is 12.4 Å². The van der Waals surface area contributed by atoms with Crippen molar-refractivity contribution in [1.82, 2.24) is 5.32 Å². The molecule has 0 aliphatic heterocycles. The number of benzene rings is 1. The maximum absolute atomic E-state index is 12.1. The van der Waals surface area contributed by atoms with Gasteiger partial charge in [-0.3, -0.25) is 4.79 Å². The second-order valence-corrected chi connectivity index (χ2v) is 5.60. The molecule has 0 bridgehead atoms. The first-order valence-corrected chi connectivity index (χ1v) is 7.35. The molecule has 1 aromatic carbocycles. The minimum Gasteiger partial charge on any atom is -0.399 e. The highest BCUT2D eigenvalue weighted by Crippen LogP contribution is 2.27. The summed E-state index contributed by atoms with van der Waals surface area (Å²) in [6.07, 6.45) is 7.34. The highest BCUT2D eigenvalue weighted by atomic mass is 35.5. The third-order valence-electron chi connectivity index (χ3n) is 4.05. The van der Waals surface area contributed by atoms with E-state index >= 15 is 0 Å². The molecule has 0 heterocycles. The Hall–Kier alpha value is -1.22. The van der Waals surface area contributed by atoms with Crippen molar-refractivity contribution >= 4 is 24.0 Å². The van der Waals surface area contributed by atoms with Gasteiger partial charge in [-0.1, -0.05) is 19.8 Å². The van der Waals surface area contributed by atoms with Crippen molar-refractivity contribution in [2.24, 2.45) is 5.92 Å². The number of nitrogen functional groups attached to an aromatic ring is 1. The largest absolute Gasteiger partial charge is 0.399 e. The first-order valence-electron chi connectivity index (χ1n) is 7.35. The fraction of sp³-hybridized carbons (Fsp3) is 0.562. The molecule has 1 aliphatic carbocycles. The van der Waals surface area contributed by atoms with Crippen molar-refractivity contribution < 1.29 is 4.79 Å². The summed E-state index contributed by atoms with van der Waals surface area (Å²) >= 11 is 0. The number of carbonyl (C=O) groups is 1. The Morgan fingerprint density at radius 3 is 2.35 bits per heavy atom. The lowest BCUT2D eigenvalue weighted by Crippen LogP contribution is -2.37. The number of carbonyl (C=O) groups excluding carboxylic acids is 1. The summed E-state index contributed by atoms with van der Waals surface area (Å²) < 4.78 is 0. The van der Waals surface area contributed by atoms with Gasteiger partial charge in [-0.2, -0.15) is 0 Å². The van der Waals surface area contributed by atoms with Gasteiger partial charge in [0.2, 0.25) is 0 Å². The van der Waals surface area contributed by atoms with E-state index in [4.69, 9.17) is 5.73 Å². The van der Waals surface area contributed by atoms with Crippen molar-refractivity contribution in [3.8, 4) is 0 Å². The number of halogens is 1. The molecule has 0 radical (unpaired) electrons. The molecular weight excluding hydrogens is 272 g/mol. The van der Waals surface area contributed by atoms with Gasteiger partial charge in [0.1, 0.15) is 0 Å². The molecule has 4 heteroatoms. The molecular formula is C16H25ClN2O. The summed E-state index contributed by atoms with van der Waals surface area (Å²) in [6, 6.07) is 7.46. The molecule has 1 amide bonds. The Balaban J connectivity index is 0.00000200. The molecule has 0 spiro atoms. The number of hydrogen-bond acceptors (Lipinski definition) is 2. The lowest BCUT2D eigenvalue weighted by molar-refractivity contribution is 0.0921. The number of nitrogens with one attached hydrogen (secondary N) is 1. The summed E-state index contributed by atoms with van der Waals surface area (Å²) in [7, 11) is 0. The minimum atomic E-state index is 0. The van der Waals surface area contributed by atoms with Crippen LogP contribution in [0, 0.1) is 5.92 Å². The molecule has 1 aromatic rings. The monoisotopic (exact) mass is 296 g/mol. The van der Waals surface area contributed by atoms with E-state index in [2.05, 4.69) is 12.2 Å². The lowest BCUT2D eigenvalue weighted by atomic mass is 9.83. The maximum atomic E-state index is 12.1. The average molecular weight is 297 g/mol. The molecule has 0 unspecified atom stereocenters. The quantitative estimate of drug-likeness (QED) is 0.831. The third-order valence-corrected chi connectivity index (χ3v) is 4.05. The molecule has 20 heavy (non-hydrogen) atoms.